The summed E-state index contributed by atoms with van der Waals surface area (Å²) in [7, 11) is 0. The number of unbranched alkanes of at least 4 members (excludes halogenated alkanes) is 1. The molecular formula is C23H36N8O4. The summed E-state index contributed by atoms with van der Waals surface area (Å²) >= 11 is 0. The molecule has 1 aromatic carbocycles. The van der Waals surface area contributed by atoms with Crippen molar-refractivity contribution in [1.29, 1.82) is 0 Å². The van der Waals surface area contributed by atoms with Crippen LogP contribution in [0.5, 0.6) is 0 Å². The van der Waals surface area contributed by atoms with E-state index >= 15 is 0 Å². The summed E-state index contributed by atoms with van der Waals surface area (Å²) in [5.41, 5.74) is 23.7. The number of hydrogen-bond donors (Lipinski definition) is 8. The molecule has 0 unspecified atom stereocenters. The Bertz CT molecular complexity index is 1020. The zero-order valence-corrected chi connectivity index (χ0v) is 19.7. The fourth-order valence-electron chi connectivity index (χ4n) is 3.68. The highest BCUT2D eigenvalue weighted by atomic mass is 16.4. The maximum atomic E-state index is 13.0. The van der Waals surface area contributed by atoms with Crippen LogP contribution in [0.4, 0.5) is 0 Å². The number of carboxylic acids is 1. The Morgan fingerprint density at radius 3 is 2.40 bits per heavy atom. The Morgan fingerprint density at radius 1 is 1.00 bits per heavy atom. The monoisotopic (exact) mass is 488 g/mol. The second kappa shape index (κ2) is 13.9. The Labute approximate surface area is 203 Å². The van der Waals surface area contributed by atoms with E-state index in [-0.39, 0.29) is 12.4 Å². The number of nitrogens with two attached hydrogens (primary N) is 4. The number of nitrogens with zero attached hydrogens (tertiary/aromatic N) is 1. The summed E-state index contributed by atoms with van der Waals surface area (Å²) in [6.45, 7) is 0.767. The molecule has 0 saturated heterocycles. The lowest BCUT2D eigenvalue weighted by atomic mass is 10.0. The average Bonchev–Trinajstić information content (AvgIpc) is 3.23. The Morgan fingerprint density at radius 2 is 1.71 bits per heavy atom. The summed E-state index contributed by atoms with van der Waals surface area (Å²) in [6, 6.07) is 4.52. The number of rotatable bonds is 15. The molecule has 0 aliphatic rings. The molecule has 0 bridgehead atoms. The van der Waals surface area contributed by atoms with Gasteiger partial charge in [-0.25, -0.2) is 4.79 Å². The van der Waals surface area contributed by atoms with Gasteiger partial charge in [0.2, 0.25) is 11.8 Å². The van der Waals surface area contributed by atoms with Crippen molar-refractivity contribution in [2.75, 3.05) is 13.1 Å². The van der Waals surface area contributed by atoms with Gasteiger partial charge in [0.15, 0.2) is 5.96 Å². The van der Waals surface area contributed by atoms with Crippen LogP contribution in [0.3, 0.4) is 0 Å². The quantitative estimate of drug-likeness (QED) is 0.0903. The minimum absolute atomic E-state index is 0.0414. The van der Waals surface area contributed by atoms with E-state index in [4.69, 9.17) is 22.9 Å². The fraction of sp³-hybridized carbons (Fsp3) is 0.478. The standard InChI is InChI=1S/C23H36N8O4/c24-10-4-3-9-18(30-20(32)16(25)7-5-11-28-23(26)27)21(33)31-19(22(34)35)12-14-13-29-17-8-2-1-6-15(14)17/h1-2,6,8,13,16,18-19,29H,3-5,7,9-12,24-25H2,(H,30,32)(H,31,33)(H,34,35)(H4,26,27,28)/t16-,18-,19-/m0/s1. The van der Waals surface area contributed by atoms with Gasteiger partial charge in [0.1, 0.15) is 12.1 Å². The summed E-state index contributed by atoms with van der Waals surface area (Å²) in [6.07, 6.45) is 4.15. The van der Waals surface area contributed by atoms with Gasteiger partial charge in [0.25, 0.3) is 0 Å². The van der Waals surface area contributed by atoms with Crippen molar-refractivity contribution in [2.45, 2.75) is 56.7 Å². The van der Waals surface area contributed by atoms with Crippen LogP contribution in [0.2, 0.25) is 0 Å². The number of amides is 2. The van der Waals surface area contributed by atoms with E-state index in [0.717, 1.165) is 16.5 Å². The van der Waals surface area contributed by atoms with Gasteiger partial charge in [-0.1, -0.05) is 18.2 Å². The van der Waals surface area contributed by atoms with E-state index in [9.17, 15) is 19.5 Å². The van der Waals surface area contributed by atoms with Gasteiger partial charge in [-0.3, -0.25) is 14.6 Å². The number of aliphatic imine (C=N–C) groups is 1. The van der Waals surface area contributed by atoms with Gasteiger partial charge < -0.3 is 43.7 Å². The van der Waals surface area contributed by atoms with Gasteiger partial charge in [-0.15, -0.1) is 0 Å². The van der Waals surface area contributed by atoms with Crippen LogP contribution < -0.4 is 33.6 Å². The van der Waals surface area contributed by atoms with Crippen molar-refractivity contribution in [2.24, 2.45) is 27.9 Å². The van der Waals surface area contributed by atoms with E-state index in [2.05, 4.69) is 20.6 Å². The molecule has 0 saturated carbocycles. The number of aromatic amines is 1. The van der Waals surface area contributed by atoms with Gasteiger partial charge >= 0.3 is 5.97 Å². The number of fused-ring (bicyclic) bond motifs is 1. The van der Waals surface area contributed by atoms with E-state index in [1.165, 1.54) is 0 Å². The first kappa shape index (κ1) is 27.6. The number of para-hydroxylation sites is 1. The lowest BCUT2D eigenvalue weighted by Crippen LogP contribution is -2.54. The summed E-state index contributed by atoms with van der Waals surface area (Å²) in [4.78, 5) is 44.5. The molecule has 12 heteroatoms. The Kier molecular flexibility index (Phi) is 11.0. The molecule has 0 fully saturated rings. The minimum Gasteiger partial charge on any atom is -0.480 e. The Hall–Kier alpha value is -3.64. The van der Waals surface area contributed by atoms with Crippen molar-refractivity contribution < 1.29 is 19.5 Å². The summed E-state index contributed by atoms with van der Waals surface area (Å²) < 4.78 is 0. The molecule has 0 radical (unpaired) electrons. The minimum atomic E-state index is -1.18. The van der Waals surface area contributed by atoms with Crippen LogP contribution in [0.1, 0.15) is 37.7 Å². The molecule has 0 spiro atoms. The first-order valence-electron chi connectivity index (χ1n) is 11.6. The molecule has 0 aliphatic carbocycles. The highest BCUT2D eigenvalue weighted by Crippen LogP contribution is 2.19. The number of carboxylic acid groups (broad SMARTS) is 1. The Balaban J connectivity index is 2.04. The third-order valence-electron chi connectivity index (χ3n) is 5.60. The number of H-pyrrole nitrogens is 1. The lowest BCUT2D eigenvalue weighted by molar-refractivity contribution is -0.142. The van der Waals surface area contributed by atoms with E-state index in [1.54, 1.807) is 6.20 Å². The number of nitrogens with one attached hydrogen (secondary N) is 3. The van der Waals surface area contributed by atoms with E-state index in [0.29, 0.717) is 45.2 Å². The molecule has 2 amide bonds. The largest absolute Gasteiger partial charge is 0.480 e. The maximum Gasteiger partial charge on any atom is 0.326 e. The average molecular weight is 489 g/mol. The smallest absolute Gasteiger partial charge is 0.326 e. The second-order valence-electron chi connectivity index (χ2n) is 8.36. The molecule has 2 rings (SSSR count). The molecule has 3 atom stereocenters. The van der Waals surface area contributed by atoms with Crippen LogP contribution >= 0.6 is 0 Å². The first-order valence-corrected chi connectivity index (χ1v) is 11.6. The summed E-state index contributed by atoms with van der Waals surface area (Å²) in [5.74, 6) is -2.31. The van der Waals surface area contributed by atoms with Crippen LogP contribution in [0.25, 0.3) is 10.9 Å². The van der Waals surface area contributed by atoms with Crippen molar-refractivity contribution in [3.63, 3.8) is 0 Å². The van der Waals surface area contributed by atoms with Crippen molar-refractivity contribution in [3.05, 3.63) is 36.0 Å². The molecule has 1 aromatic heterocycles. The molecule has 1 heterocycles. The van der Waals surface area contributed by atoms with Crippen molar-refractivity contribution in [3.8, 4) is 0 Å². The first-order chi connectivity index (χ1) is 16.7. The second-order valence-corrected chi connectivity index (χ2v) is 8.36. The fourth-order valence-corrected chi connectivity index (χ4v) is 3.68. The van der Waals surface area contributed by atoms with Crippen molar-refractivity contribution >= 4 is 34.6 Å². The van der Waals surface area contributed by atoms with Gasteiger partial charge in [-0.2, -0.15) is 0 Å². The van der Waals surface area contributed by atoms with E-state index in [1.807, 2.05) is 24.3 Å². The predicted octanol–water partition coefficient (Wildman–Crippen LogP) is -0.725. The van der Waals surface area contributed by atoms with Crippen LogP contribution in [0.15, 0.2) is 35.5 Å². The number of guanidine groups is 1. The molecule has 35 heavy (non-hydrogen) atoms. The highest BCUT2D eigenvalue weighted by molar-refractivity contribution is 5.92. The zero-order valence-electron chi connectivity index (χ0n) is 19.7. The van der Waals surface area contributed by atoms with Gasteiger partial charge in [-0.05, 0) is 50.3 Å². The number of hydrogen-bond acceptors (Lipinski definition) is 6. The molecule has 12 nitrogen and oxygen atoms in total. The van der Waals surface area contributed by atoms with Crippen molar-refractivity contribution in [1.82, 2.24) is 15.6 Å². The maximum absolute atomic E-state index is 13.0. The lowest BCUT2D eigenvalue weighted by Gasteiger charge is -2.23. The number of carbonyl (C=O) groups is 3. The molecule has 2 aromatic rings. The predicted molar refractivity (Wildman–Crippen MR) is 134 cm³/mol. The molecule has 12 N–H and O–H groups in total. The number of aromatic nitrogens is 1. The number of aliphatic carboxylic acids is 1. The number of carbonyl (C=O) groups excluding carboxylic acids is 2. The van der Waals surface area contributed by atoms with Crippen LogP contribution in [-0.2, 0) is 20.8 Å². The van der Waals surface area contributed by atoms with Gasteiger partial charge in [0, 0.05) is 30.1 Å². The van der Waals surface area contributed by atoms with E-state index < -0.39 is 35.9 Å². The zero-order chi connectivity index (χ0) is 25.8. The summed E-state index contributed by atoms with van der Waals surface area (Å²) in [5, 5.41) is 15.9. The van der Waals surface area contributed by atoms with Crippen LogP contribution in [-0.4, -0.2) is 65.0 Å². The third kappa shape index (κ3) is 8.91. The normalized spacial score (nSPS) is 13.5. The molecular weight excluding hydrogens is 452 g/mol. The van der Waals surface area contributed by atoms with Gasteiger partial charge in [0.05, 0.1) is 6.04 Å². The third-order valence-corrected chi connectivity index (χ3v) is 5.60. The SMILES string of the molecule is NCCCC[C@H](NC(=O)[C@@H](N)CCCN=C(N)N)C(=O)N[C@@H](Cc1c[nH]c2ccccc12)C(=O)O. The molecule has 192 valence electrons. The highest BCUT2D eigenvalue weighted by Gasteiger charge is 2.28. The molecule has 0 aliphatic heterocycles. The topological polar surface area (TPSA) is 228 Å². The number of benzene rings is 1. The van der Waals surface area contributed by atoms with Crippen LogP contribution in [0, 0.1) is 0 Å².